The third kappa shape index (κ3) is 5.71. The van der Waals surface area contributed by atoms with E-state index in [1.165, 1.54) is 24.3 Å². The lowest BCUT2D eigenvalue weighted by Gasteiger charge is -2.19. The first-order chi connectivity index (χ1) is 15.2. The Morgan fingerprint density at radius 1 is 1.19 bits per heavy atom. The van der Waals surface area contributed by atoms with E-state index in [1.54, 1.807) is 19.1 Å². The third-order valence-electron chi connectivity index (χ3n) is 4.74. The van der Waals surface area contributed by atoms with Gasteiger partial charge in [0.15, 0.2) is 12.4 Å². The van der Waals surface area contributed by atoms with Gasteiger partial charge in [0, 0.05) is 26.9 Å². The number of hydrogen-bond donors (Lipinski definition) is 1. The first-order valence-electron chi connectivity index (χ1n) is 10.0. The smallest absolute Gasteiger partial charge is 0.264 e. The molecule has 1 aromatic heterocycles. The summed E-state index contributed by atoms with van der Waals surface area (Å²) < 4.78 is 38.3. The second-order valence-corrected chi connectivity index (χ2v) is 9.43. The quantitative estimate of drug-likeness (QED) is 0.524. The summed E-state index contributed by atoms with van der Waals surface area (Å²) in [5.74, 6) is 1.06. The Kier molecular flexibility index (Phi) is 7.26. The average Bonchev–Trinajstić information content (AvgIpc) is 3.20. The maximum Gasteiger partial charge on any atom is 0.264 e. The lowest BCUT2D eigenvalue weighted by atomic mass is 10.2. The topological polar surface area (TPSA) is 115 Å². The molecule has 2 aromatic carbocycles. The maximum absolute atomic E-state index is 13.1. The second kappa shape index (κ2) is 9.92. The van der Waals surface area contributed by atoms with Gasteiger partial charge in [0.1, 0.15) is 10.6 Å². The van der Waals surface area contributed by atoms with Gasteiger partial charge in [0.25, 0.3) is 5.89 Å². The van der Waals surface area contributed by atoms with Gasteiger partial charge in [-0.25, -0.2) is 12.7 Å². The molecule has 170 valence electrons. The summed E-state index contributed by atoms with van der Waals surface area (Å²) in [5, 5.41) is 6.48. The molecular formula is C22H26N4O5S. The highest BCUT2D eigenvalue weighted by Crippen LogP contribution is 2.25. The van der Waals surface area contributed by atoms with E-state index in [9.17, 15) is 13.2 Å². The molecule has 0 aliphatic heterocycles. The van der Waals surface area contributed by atoms with E-state index in [-0.39, 0.29) is 36.1 Å². The van der Waals surface area contributed by atoms with Crippen LogP contribution in [0, 0.1) is 13.8 Å². The van der Waals surface area contributed by atoms with Crippen LogP contribution in [-0.2, 0) is 27.8 Å². The van der Waals surface area contributed by atoms with Gasteiger partial charge in [0.2, 0.25) is 15.9 Å². The molecule has 3 rings (SSSR count). The Bertz CT molecular complexity index is 1210. The fourth-order valence-electron chi connectivity index (χ4n) is 2.99. The monoisotopic (exact) mass is 458 g/mol. The molecule has 0 atom stereocenters. The number of aryl methyl sites for hydroxylation is 2. The number of hydrogen-bond acceptors (Lipinski definition) is 7. The molecule has 0 fully saturated rings. The van der Waals surface area contributed by atoms with Crippen LogP contribution in [0.5, 0.6) is 5.75 Å². The average molecular weight is 459 g/mol. The van der Waals surface area contributed by atoms with Crippen LogP contribution in [0.3, 0.4) is 0 Å². The molecular weight excluding hydrogens is 432 g/mol. The highest BCUT2D eigenvalue weighted by Gasteiger charge is 2.25. The minimum atomic E-state index is -3.84. The van der Waals surface area contributed by atoms with E-state index in [2.05, 4.69) is 15.5 Å². The van der Waals surface area contributed by atoms with Crippen molar-refractivity contribution < 1.29 is 22.5 Å². The molecule has 32 heavy (non-hydrogen) atoms. The van der Waals surface area contributed by atoms with Gasteiger partial charge in [0.05, 0.1) is 5.69 Å². The second-order valence-electron chi connectivity index (χ2n) is 7.42. The van der Waals surface area contributed by atoms with Crippen molar-refractivity contribution in [2.75, 3.05) is 18.9 Å². The summed E-state index contributed by atoms with van der Waals surface area (Å²) in [6, 6.07) is 12.5. The SMILES string of the molecule is CC(=O)Nc1ccc(C)cc1S(=O)(=O)N(C)CCc1noc(COc2ccccc2C)n1. The van der Waals surface area contributed by atoms with E-state index in [0.717, 1.165) is 16.9 Å². The van der Waals surface area contributed by atoms with Crippen molar-refractivity contribution >= 4 is 21.6 Å². The number of aromatic nitrogens is 2. The van der Waals surface area contributed by atoms with Crippen molar-refractivity contribution in [2.45, 2.75) is 38.7 Å². The van der Waals surface area contributed by atoms with Crippen LogP contribution in [0.4, 0.5) is 5.69 Å². The largest absolute Gasteiger partial charge is 0.483 e. The summed E-state index contributed by atoms with van der Waals surface area (Å²) in [6.07, 6.45) is 0.255. The number of para-hydroxylation sites is 1. The number of sulfonamides is 1. The van der Waals surface area contributed by atoms with E-state index in [4.69, 9.17) is 9.26 Å². The van der Waals surface area contributed by atoms with Gasteiger partial charge in [-0.05, 0) is 43.2 Å². The number of rotatable bonds is 9. The first kappa shape index (κ1) is 23.4. The molecule has 0 saturated carbocycles. The van der Waals surface area contributed by atoms with Crippen LogP contribution in [-0.4, -0.2) is 42.4 Å². The van der Waals surface area contributed by atoms with Crippen molar-refractivity contribution in [3.05, 3.63) is 65.3 Å². The van der Waals surface area contributed by atoms with Gasteiger partial charge in [-0.1, -0.05) is 29.4 Å². The number of carbonyl (C=O) groups is 1. The van der Waals surface area contributed by atoms with Crippen molar-refractivity contribution in [1.29, 1.82) is 0 Å². The summed E-state index contributed by atoms with van der Waals surface area (Å²) in [5.41, 5.74) is 2.00. The molecule has 0 radical (unpaired) electrons. The van der Waals surface area contributed by atoms with Gasteiger partial charge in [-0.15, -0.1) is 0 Å². The van der Waals surface area contributed by atoms with Crippen molar-refractivity contribution in [3.8, 4) is 5.75 Å². The summed E-state index contributed by atoms with van der Waals surface area (Å²) >= 11 is 0. The molecule has 3 aromatic rings. The molecule has 1 heterocycles. The number of nitrogens with one attached hydrogen (secondary N) is 1. The van der Waals surface area contributed by atoms with E-state index < -0.39 is 10.0 Å². The number of carbonyl (C=O) groups excluding carboxylic acids is 1. The third-order valence-corrected chi connectivity index (χ3v) is 6.64. The molecule has 0 spiro atoms. The number of benzene rings is 2. The van der Waals surface area contributed by atoms with Gasteiger partial charge < -0.3 is 14.6 Å². The van der Waals surface area contributed by atoms with Crippen LogP contribution in [0.1, 0.15) is 29.8 Å². The Balaban J connectivity index is 1.64. The van der Waals surface area contributed by atoms with Crippen LogP contribution in [0.25, 0.3) is 0 Å². The van der Waals surface area contributed by atoms with Crippen LogP contribution < -0.4 is 10.1 Å². The number of nitrogens with zero attached hydrogens (tertiary/aromatic N) is 3. The van der Waals surface area contributed by atoms with Gasteiger partial charge in [-0.3, -0.25) is 4.79 Å². The standard InChI is InChI=1S/C22H26N4O5S/c1-15-9-10-18(23-17(3)27)20(13-15)32(28,29)26(4)12-11-21-24-22(31-25-21)14-30-19-8-6-5-7-16(19)2/h5-10,13H,11-12,14H2,1-4H3,(H,23,27). The Morgan fingerprint density at radius 2 is 1.94 bits per heavy atom. The van der Waals surface area contributed by atoms with Crippen LogP contribution >= 0.6 is 0 Å². The van der Waals surface area contributed by atoms with Crippen LogP contribution in [0.15, 0.2) is 51.9 Å². The number of ether oxygens (including phenoxy) is 1. The lowest BCUT2D eigenvalue weighted by Crippen LogP contribution is -2.30. The summed E-state index contributed by atoms with van der Waals surface area (Å²) in [7, 11) is -2.37. The minimum absolute atomic E-state index is 0.0376. The summed E-state index contributed by atoms with van der Waals surface area (Å²) in [4.78, 5) is 15.8. The number of amides is 1. The predicted octanol–water partition coefficient (Wildman–Crippen LogP) is 3.09. The summed E-state index contributed by atoms with van der Waals surface area (Å²) in [6.45, 7) is 5.31. The molecule has 1 N–H and O–H groups in total. The van der Waals surface area contributed by atoms with E-state index in [0.29, 0.717) is 11.7 Å². The van der Waals surface area contributed by atoms with Crippen molar-refractivity contribution in [1.82, 2.24) is 14.4 Å². The molecule has 0 saturated heterocycles. The Hall–Kier alpha value is -3.24. The molecule has 0 aliphatic carbocycles. The van der Waals surface area contributed by atoms with Crippen LogP contribution in [0.2, 0.25) is 0 Å². The molecule has 1 amide bonds. The Labute approximate surface area is 187 Å². The fourth-order valence-corrected chi connectivity index (χ4v) is 4.39. The number of likely N-dealkylation sites (N-methyl/N-ethyl adjacent to an activating group) is 1. The zero-order valence-electron chi connectivity index (χ0n) is 18.5. The van der Waals surface area contributed by atoms with E-state index in [1.807, 2.05) is 31.2 Å². The lowest BCUT2D eigenvalue weighted by molar-refractivity contribution is -0.114. The van der Waals surface area contributed by atoms with Gasteiger partial charge in [-0.2, -0.15) is 4.98 Å². The zero-order chi connectivity index (χ0) is 23.3. The maximum atomic E-state index is 13.1. The highest BCUT2D eigenvalue weighted by atomic mass is 32.2. The zero-order valence-corrected chi connectivity index (χ0v) is 19.3. The van der Waals surface area contributed by atoms with E-state index >= 15 is 0 Å². The normalized spacial score (nSPS) is 11.5. The molecule has 9 nitrogen and oxygen atoms in total. The minimum Gasteiger partial charge on any atom is -0.483 e. The van der Waals surface area contributed by atoms with Crippen molar-refractivity contribution in [3.63, 3.8) is 0 Å². The highest BCUT2D eigenvalue weighted by molar-refractivity contribution is 7.89. The van der Waals surface area contributed by atoms with Gasteiger partial charge >= 0.3 is 0 Å². The Morgan fingerprint density at radius 3 is 2.66 bits per heavy atom. The van der Waals surface area contributed by atoms with Crippen molar-refractivity contribution in [2.24, 2.45) is 0 Å². The molecule has 0 unspecified atom stereocenters. The molecule has 0 aliphatic rings. The fraction of sp³-hybridized carbons (Fsp3) is 0.318. The molecule has 10 heteroatoms. The molecule has 0 bridgehead atoms. The number of anilines is 1. The predicted molar refractivity (Wildman–Crippen MR) is 119 cm³/mol. The first-order valence-corrected chi connectivity index (χ1v) is 11.5.